The van der Waals surface area contributed by atoms with Crippen molar-refractivity contribution in [3.05, 3.63) is 39.9 Å². The summed E-state index contributed by atoms with van der Waals surface area (Å²) < 4.78 is 5.14. The van der Waals surface area contributed by atoms with Crippen LogP contribution < -0.4 is 5.32 Å². The maximum atomic E-state index is 11.8. The lowest BCUT2D eigenvalue weighted by Gasteiger charge is -2.30. The molecule has 0 aliphatic heterocycles. The maximum absolute atomic E-state index is 11.8. The number of rotatable bonds is 4. The fourth-order valence-corrected chi connectivity index (χ4v) is 1.69. The van der Waals surface area contributed by atoms with Crippen molar-refractivity contribution in [2.75, 3.05) is 6.61 Å². The number of hydrogen-bond acceptors (Lipinski definition) is 5. The Morgan fingerprint density at radius 2 is 2.00 bits per heavy atom. The van der Waals surface area contributed by atoms with Crippen molar-refractivity contribution in [3.8, 4) is 0 Å². The highest BCUT2D eigenvalue weighted by Gasteiger charge is 2.31. The summed E-state index contributed by atoms with van der Waals surface area (Å²) in [5.74, 6) is 0. The number of hydrogen-bond donors (Lipinski definition) is 2. The lowest BCUT2D eigenvalue weighted by Crippen LogP contribution is -2.48. The summed E-state index contributed by atoms with van der Waals surface area (Å²) in [6.07, 6.45) is -0.703. The first kappa shape index (κ1) is 16.9. The fourth-order valence-electron chi connectivity index (χ4n) is 1.69. The highest BCUT2D eigenvalue weighted by molar-refractivity contribution is 5.69. The number of nitrogens with one attached hydrogen (secondary N) is 1. The van der Waals surface area contributed by atoms with Crippen LogP contribution in [0, 0.1) is 10.1 Å². The van der Waals surface area contributed by atoms with Gasteiger partial charge in [-0.05, 0) is 33.3 Å². The molecule has 1 aromatic carbocycles. The molecular formula is C14H20N2O5. The number of amides is 1. The quantitative estimate of drug-likeness (QED) is 0.656. The molecule has 7 heteroatoms. The van der Waals surface area contributed by atoms with Crippen LogP contribution >= 0.6 is 0 Å². The molecule has 0 saturated carbocycles. The molecule has 1 aromatic rings. The van der Waals surface area contributed by atoms with Gasteiger partial charge in [-0.2, -0.15) is 0 Å². The summed E-state index contributed by atoms with van der Waals surface area (Å²) >= 11 is 0. The number of benzene rings is 1. The van der Waals surface area contributed by atoms with Gasteiger partial charge in [-0.3, -0.25) is 10.1 Å². The Morgan fingerprint density at radius 1 is 1.38 bits per heavy atom. The second-order valence-electron chi connectivity index (χ2n) is 5.92. The Hall–Kier alpha value is -2.15. The molecule has 21 heavy (non-hydrogen) atoms. The second kappa shape index (κ2) is 6.09. The lowest BCUT2D eigenvalue weighted by molar-refractivity contribution is -0.385. The first-order chi connectivity index (χ1) is 9.57. The number of alkyl carbamates (subject to hydrolysis) is 1. The molecule has 2 N–H and O–H groups in total. The summed E-state index contributed by atoms with van der Waals surface area (Å²) in [5.41, 5.74) is -1.54. The number of non-ortho nitro benzene ring substituents is 1. The Morgan fingerprint density at radius 3 is 2.48 bits per heavy atom. The van der Waals surface area contributed by atoms with Gasteiger partial charge in [-0.25, -0.2) is 4.79 Å². The third-order valence-electron chi connectivity index (χ3n) is 2.79. The predicted octanol–water partition coefficient (Wildman–Crippen LogP) is 2.33. The molecule has 7 nitrogen and oxygen atoms in total. The van der Waals surface area contributed by atoms with Crippen molar-refractivity contribution in [1.29, 1.82) is 0 Å². The van der Waals surface area contributed by atoms with E-state index in [4.69, 9.17) is 4.74 Å². The normalized spacial score (nSPS) is 14.1. The zero-order valence-electron chi connectivity index (χ0n) is 12.5. The molecule has 0 aliphatic rings. The molecule has 0 saturated heterocycles. The smallest absolute Gasteiger partial charge is 0.408 e. The van der Waals surface area contributed by atoms with Crippen LogP contribution in [0.4, 0.5) is 10.5 Å². The molecular weight excluding hydrogens is 276 g/mol. The lowest BCUT2D eigenvalue weighted by atomic mass is 9.92. The zero-order valence-corrected chi connectivity index (χ0v) is 12.5. The van der Waals surface area contributed by atoms with E-state index in [1.807, 2.05) is 0 Å². The van der Waals surface area contributed by atoms with Gasteiger partial charge >= 0.3 is 6.09 Å². The van der Waals surface area contributed by atoms with Gasteiger partial charge in [-0.1, -0.05) is 12.1 Å². The largest absolute Gasteiger partial charge is 0.444 e. The standard InChI is InChI=1S/C14H20N2O5/c1-13(2,3)21-12(18)15-14(4,9-17)10-6-5-7-11(8-10)16(19)20/h5-8,17H,9H2,1-4H3,(H,15,18). The molecule has 0 bridgehead atoms. The number of aliphatic hydroxyl groups excluding tert-OH is 1. The molecule has 1 unspecified atom stereocenters. The number of carbonyl (C=O) groups is 1. The third kappa shape index (κ3) is 4.71. The minimum atomic E-state index is -1.17. The van der Waals surface area contributed by atoms with E-state index in [2.05, 4.69) is 5.32 Å². The monoisotopic (exact) mass is 296 g/mol. The minimum Gasteiger partial charge on any atom is -0.444 e. The van der Waals surface area contributed by atoms with E-state index in [0.29, 0.717) is 5.56 Å². The molecule has 0 aromatic heterocycles. The molecule has 1 amide bonds. The van der Waals surface area contributed by atoms with Gasteiger partial charge in [0.25, 0.3) is 5.69 Å². The van der Waals surface area contributed by atoms with E-state index < -0.39 is 28.8 Å². The summed E-state index contributed by atoms with van der Waals surface area (Å²) in [6, 6.07) is 5.75. The van der Waals surface area contributed by atoms with Crippen LogP contribution in [0.5, 0.6) is 0 Å². The summed E-state index contributed by atoms with van der Waals surface area (Å²) in [4.78, 5) is 22.1. The van der Waals surface area contributed by atoms with Gasteiger partial charge in [0.1, 0.15) is 5.60 Å². The zero-order chi connectivity index (χ0) is 16.3. The molecule has 0 spiro atoms. The van der Waals surface area contributed by atoms with Gasteiger partial charge in [0.05, 0.1) is 17.1 Å². The van der Waals surface area contributed by atoms with E-state index in [0.717, 1.165) is 0 Å². The summed E-state index contributed by atoms with van der Waals surface area (Å²) in [5, 5.41) is 22.9. The van der Waals surface area contributed by atoms with Crippen molar-refractivity contribution >= 4 is 11.8 Å². The van der Waals surface area contributed by atoms with Crippen molar-refractivity contribution in [2.45, 2.75) is 38.8 Å². The molecule has 0 aliphatic carbocycles. The van der Waals surface area contributed by atoms with Crippen LogP contribution in [0.1, 0.15) is 33.3 Å². The van der Waals surface area contributed by atoms with E-state index in [1.54, 1.807) is 33.8 Å². The Balaban J connectivity index is 3.01. The van der Waals surface area contributed by atoms with Gasteiger partial charge in [-0.15, -0.1) is 0 Å². The van der Waals surface area contributed by atoms with Crippen molar-refractivity contribution in [2.24, 2.45) is 0 Å². The summed E-state index contributed by atoms with van der Waals surface area (Å²) in [7, 11) is 0. The Bertz CT molecular complexity index is 538. The average Bonchev–Trinajstić information content (AvgIpc) is 2.36. The van der Waals surface area contributed by atoms with Crippen LogP contribution in [0.15, 0.2) is 24.3 Å². The first-order valence-corrected chi connectivity index (χ1v) is 6.44. The van der Waals surface area contributed by atoms with E-state index in [-0.39, 0.29) is 5.69 Å². The number of nitro groups is 1. The highest BCUT2D eigenvalue weighted by atomic mass is 16.6. The number of ether oxygens (including phenoxy) is 1. The van der Waals surface area contributed by atoms with Gasteiger partial charge in [0.2, 0.25) is 0 Å². The summed E-state index contributed by atoms with van der Waals surface area (Å²) in [6.45, 7) is 6.30. The van der Waals surface area contributed by atoms with Gasteiger partial charge < -0.3 is 15.2 Å². The predicted molar refractivity (Wildman–Crippen MR) is 76.9 cm³/mol. The molecule has 116 valence electrons. The van der Waals surface area contributed by atoms with E-state index >= 15 is 0 Å². The Labute approximate surface area is 123 Å². The van der Waals surface area contributed by atoms with Crippen molar-refractivity contribution < 1.29 is 19.6 Å². The van der Waals surface area contributed by atoms with Gasteiger partial charge in [0, 0.05) is 12.1 Å². The fraction of sp³-hybridized carbons (Fsp3) is 0.500. The van der Waals surface area contributed by atoms with Crippen LogP contribution in [-0.4, -0.2) is 28.3 Å². The minimum absolute atomic E-state index is 0.113. The molecule has 0 fully saturated rings. The highest BCUT2D eigenvalue weighted by Crippen LogP contribution is 2.24. The number of aliphatic hydroxyl groups is 1. The SMILES string of the molecule is CC(C)(C)OC(=O)NC(C)(CO)c1cccc([N+](=O)[O-])c1. The third-order valence-corrected chi connectivity index (χ3v) is 2.79. The maximum Gasteiger partial charge on any atom is 0.408 e. The molecule has 1 rings (SSSR count). The molecule has 0 radical (unpaired) electrons. The van der Waals surface area contributed by atoms with Gasteiger partial charge in [0.15, 0.2) is 0 Å². The topological polar surface area (TPSA) is 102 Å². The van der Waals surface area contributed by atoms with E-state index in [9.17, 15) is 20.0 Å². The molecule has 1 atom stereocenters. The van der Waals surface area contributed by atoms with Crippen LogP contribution in [0.2, 0.25) is 0 Å². The van der Waals surface area contributed by atoms with Crippen LogP contribution in [-0.2, 0) is 10.3 Å². The number of nitro benzene ring substituents is 1. The second-order valence-corrected chi connectivity index (χ2v) is 5.92. The number of carbonyl (C=O) groups excluding carboxylic acids is 1. The first-order valence-electron chi connectivity index (χ1n) is 6.44. The van der Waals surface area contributed by atoms with E-state index in [1.165, 1.54) is 18.2 Å². The Kier molecular flexibility index (Phi) is 4.90. The average molecular weight is 296 g/mol. The van der Waals surface area contributed by atoms with Crippen LogP contribution in [0.25, 0.3) is 0 Å². The van der Waals surface area contributed by atoms with Crippen molar-refractivity contribution in [1.82, 2.24) is 5.32 Å². The van der Waals surface area contributed by atoms with Crippen molar-refractivity contribution in [3.63, 3.8) is 0 Å². The molecule has 0 heterocycles. The van der Waals surface area contributed by atoms with Crippen LogP contribution in [0.3, 0.4) is 0 Å². The number of nitrogens with zero attached hydrogens (tertiary/aromatic N) is 1.